The average Bonchev–Trinajstić information content (AvgIpc) is 2.46. The first-order chi connectivity index (χ1) is 10.5. The van der Waals surface area contributed by atoms with E-state index in [0.29, 0.717) is 11.3 Å². The Morgan fingerprint density at radius 2 is 2.05 bits per heavy atom. The first-order valence-corrected chi connectivity index (χ1v) is 5.65. The molecule has 0 aliphatic heterocycles. The highest BCUT2D eigenvalue weighted by Gasteiger charge is 2.05. The molecule has 4 heteroatoms. The predicted molar refractivity (Wildman–Crippen MR) is 73.1 cm³/mol. The fourth-order valence-electron chi connectivity index (χ4n) is 1.61. The molecule has 4 nitrogen and oxygen atoms in total. The quantitative estimate of drug-likeness (QED) is 0.510. The minimum Gasteiger partial charge on any atom is -0.493 e. The van der Waals surface area contributed by atoms with Gasteiger partial charge >= 0.3 is 0 Å². The molecule has 0 fully saturated rings. The zero-order valence-electron chi connectivity index (χ0n) is 13.1. The van der Waals surface area contributed by atoms with E-state index in [0.717, 1.165) is 5.56 Å². The number of hydrogen-bond donors (Lipinski definition) is 1. The normalized spacial score (nSPS) is 13.6. The summed E-state index contributed by atoms with van der Waals surface area (Å²) in [6.45, 7) is 0.283. The van der Waals surface area contributed by atoms with Crippen LogP contribution in [0.2, 0.25) is 0 Å². The molecular weight excluding hydrogens is 242 g/mol. The maximum Gasteiger partial charge on any atom is 0.161 e. The fourth-order valence-corrected chi connectivity index (χ4v) is 1.61. The molecule has 0 bridgehead atoms. The predicted octanol–water partition coefficient (Wildman–Crippen LogP) is 3.08. The Balaban J connectivity index is 2.21. The highest BCUT2D eigenvalue weighted by atomic mass is 16.5. The zero-order valence-corrected chi connectivity index (χ0v) is 10.1. The third-order valence-electron chi connectivity index (χ3n) is 2.52. The Labute approximate surface area is 116 Å². The van der Waals surface area contributed by atoms with Crippen molar-refractivity contribution < 1.29 is 18.8 Å². The van der Waals surface area contributed by atoms with Crippen LogP contribution in [0.4, 0.5) is 0 Å². The average molecular weight is 260 g/mol. The van der Waals surface area contributed by atoms with Gasteiger partial charge in [-0.05, 0) is 23.8 Å². The van der Waals surface area contributed by atoms with Gasteiger partial charge < -0.3 is 14.7 Å². The van der Waals surface area contributed by atoms with Crippen LogP contribution in [0.15, 0.2) is 53.7 Å². The second-order valence-electron chi connectivity index (χ2n) is 3.83. The number of rotatable bonds is 5. The van der Waals surface area contributed by atoms with Gasteiger partial charge in [0.05, 0.1) is 17.4 Å². The number of nitrogens with zero attached hydrogens (tertiary/aromatic N) is 1. The SMILES string of the molecule is [2H]C([2H])([2H])Oc1cc(C=NO)ccc1OCc1ccccc1. The summed E-state index contributed by atoms with van der Waals surface area (Å²) in [5.74, 6) is 0.364. The first-order valence-electron chi connectivity index (χ1n) is 7.15. The minimum absolute atomic E-state index is 0.0633. The molecule has 0 atom stereocenters. The summed E-state index contributed by atoms with van der Waals surface area (Å²) in [6.07, 6.45) is 1.17. The number of benzene rings is 2. The van der Waals surface area contributed by atoms with Crippen LogP contribution in [0.1, 0.15) is 15.2 Å². The molecule has 0 saturated heterocycles. The van der Waals surface area contributed by atoms with Gasteiger partial charge in [-0.2, -0.15) is 0 Å². The topological polar surface area (TPSA) is 51.0 Å². The standard InChI is InChI=1S/C15H15NO3/c1-18-15-9-13(10-16-17)7-8-14(15)19-11-12-5-3-2-4-6-12/h2-10,17H,11H2,1H3/i1D3. The van der Waals surface area contributed by atoms with E-state index in [1.165, 1.54) is 12.3 Å². The van der Waals surface area contributed by atoms with Gasteiger partial charge in [-0.25, -0.2) is 0 Å². The molecule has 0 spiro atoms. The lowest BCUT2D eigenvalue weighted by Crippen LogP contribution is -1.98. The Bertz CT molecular complexity index is 642. The maximum absolute atomic E-state index is 8.55. The van der Waals surface area contributed by atoms with Crippen molar-refractivity contribution in [3.63, 3.8) is 0 Å². The molecule has 0 radical (unpaired) electrons. The maximum atomic E-state index is 8.55. The third-order valence-corrected chi connectivity index (χ3v) is 2.52. The summed E-state index contributed by atoms with van der Waals surface area (Å²) in [5, 5.41) is 11.5. The monoisotopic (exact) mass is 260 g/mol. The van der Waals surface area contributed by atoms with Gasteiger partial charge in [-0.15, -0.1) is 0 Å². The Morgan fingerprint density at radius 1 is 1.21 bits per heavy atom. The minimum atomic E-state index is -2.60. The first kappa shape index (κ1) is 9.44. The molecule has 98 valence electrons. The Kier molecular flexibility index (Phi) is 3.20. The highest BCUT2D eigenvalue weighted by molar-refractivity contribution is 5.80. The summed E-state index contributed by atoms with van der Waals surface area (Å²) < 4.78 is 32.2. The molecule has 0 aliphatic rings. The molecule has 2 rings (SSSR count). The third kappa shape index (κ3) is 3.48. The van der Waals surface area contributed by atoms with Crippen LogP contribution in [0.5, 0.6) is 11.5 Å². The van der Waals surface area contributed by atoms with Crippen molar-refractivity contribution in [3.8, 4) is 11.5 Å². The Morgan fingerprint density at radius 3 is 2.79 bits per heavy atom. The van der Waals surface area contributed by atoms with Gasteiger partial charge in [-0.3, -0.25) is 0 Å². The van der Waals surface area contributed by atoms with Crippen LogP contribution in [-0.2, 0) is 6.61 Å². The van der Waals surface area contributed by atoms with Gasteiger partial charge in [0, 0.05) is 5.56 Å². The molecule has 2 aromatic carbocycles. The summed E-state index contributed by atoms with van der Waals surface area (Å²) in [4.78, 5) is 0. The lowest BCUT2D eigenvalue weighted by molar-refractivity contribution is 0.284. The van der Waals surface area contributed by atoms with E-state index < -0.39 is 7.04 Å². The van der Waals surface area contributed by atoms with Gasteiger partial charge in [0.1, 0.15) is 6.61 Å². The molecule has 2 aromatic rings. The lowest BCUT2D eigenvalue weighted by atomic mass is 10.2. The smallest absolute Gasteiger partial charge is 0.161 e. The van der Waals surface area contributed by atoms with E-state index >= 15 is 0 Å². The van der Waals surface area contributed by atoms with Crippen molar-refractivity contribution in [2.24, 2.45) is 5.16 Å². The molecule has 0 saturated carbocycles. The van der Waals surface area contributed by atoms with E-state index in [4.69, 9.17) is 18.8 Å². The van der Waals surface area contributed by atoms with Crippen LogP contribution in [0.3, 0.4) is 0 Å². The number of ether oxygens (including phenoxy) is 2. The van der Waals surface area contributed by atoms with E-state index in [1.807, 2.05) is 30.3 Å². The summed E-state index contributed by atoms with van der Waals surface area (Å²) in [7, 11) is -2.60. The van der Waals surface area contributed by atoms with Crippen molar-refractivity contribution in [2.45, 2.75) is 6.61 Å². The van der Waals surface area contributed by atoms with Crippen LogP contribution >= 0.6 is 0 Å². The van der Waals surface area contributed by atoms with E-state index in [1.54, 1.807) is 12.1 Å². The van der Waals surface area contributed by atoms with Gasteiger partial charge in [0.25, 0.3) is 0 Å². The van der Waals surface area contributed by atoms with Crippen molar-refractivity contribution in [3.05, 3.63) is 59.7 Å². The molecule has 0 unspecified atom stereocenters. The summed E-state index contributed by atoms with van der Waals surface area (Å²) in [6, 6.07) is 14.1. The Hall–Kier alpha value is -2.49. The van der Waals surface area contributed by atoms with Crippen LogP contribution < -0.4 is 9.47 Å². The van der Waals surface area contributed by atoms with E-state index in [-0.39, 0.29) is 12.4 Å². The molecule has 0 amide bonds. The molecule has 0 aromatic heterocycles. The zero-order chi connectivity index (χ0) is 16.0. The molecule has 0 heterocycles. The molecule has 19 heavy (non-hydrogen) atoms. The molecule has 0 aliphatic carbocycles. The fraction of sp³-hybridized carbons (Fsp3) is 0.133. The van der Waals surface area contributed by atoms with Gasteiger partial charge in [0.15, 0.2) is 11.5 Å². The summed E-state index contributed by atoms with van der Waals surface area (Å²) in [5.41, 5.74) is 1.44. The number of hydrogen-bond acceptors (Lipinski definition) is 4. The summed E-state index contributed by atoms with van der Waals surface area (Å²) >= 11 is 0. The molecule has 1 N–H and O–H groups in total. The van der Waals surface area contributed by atoms with Crippen molar-refractivity contribution in [2.75, 3.05) is 7.04 Å². The second kappa shape index (κ2) is 6.44. The van der Waals surface area contributed by atoms with Gasteiger partial charge in [-0.1, -0.05) is 35.5 Å². The largest absolute Gasteiger partial charge is 0.493 e. The van der Waals surface area contributed by atoms with Gasteiger partial charge in [0.2, 0.25) is 0 Å². The van der Waals surface area contributed by atoms with Crippen molar-refractivity contribution >= 4 is 6.21 Å². The van der Waals surface area contributed by atoms with Crippen molar-refractivity contribution in [1.82, 2.24) is 0 Å². The number of methoxy groups -OCH3 is 1. The van der Waals surface area contributed by atoms with Crippen molar-refractivity contribution in [1.29, 1.82) is 0 Å². The van der Waals surface area contributed by atoms with E-state index in [2.05, 4.69) is 5.16 Å². The van der Waals surface area contributed by atoms with E-state index in [9.17, 15) is 0 Å². The van der Waals surface area contributed by atoms with Crippen LogP contribution in [0.25, 0.3) is 0 Å². The second-order valence-corrected chi connectivity index (χ2v) is 3.83. The number of oxime groups is 1. The molecular formula is C15H15NO3. The van der Waals surface area contributed by atoms with Crippen LogP contribution in [0, 0.1) is 0 Å². The van der Waals surface area contributed by atoms with Crippen LogP contribution in [-0.4, -0.2) is 18.5 Å². The highest BCUT2D eigenvalue weighted by Crippen LogP contribution is 2.28. The lowest BCUT2D eigenvalue weighted by Gasteiger charge is -2.11.